The quantitative estimate of drug-likeness (QED) is 0.750. The van der Waals surface area contributed by atoms with Crippen LogP contribution >= 0.6 is 0 Å². The molecule has 2 rings (SSSR count). The maximum atomic E-state index is 5.57. The van der Waals surface area contributed by atoms with Crippen molar-refractivity contribution in [3.05, 3.63) is 48.9 Å². The molecular weight excluding hydrogens is 224 g/mol. The fourth-order valence-electron chi connectivity index (χ4n) is 1.78. The van der Waals surface area contributed by atoms with Gasteiger partial charge in [0.05, 0.1) is 18.2 Å². The smallest absolute Gasteiger partial charge is 0.119 e. The topological polar surface area (TPSA) is 27.1 Å². The number of hydrogen-bond acceptors (Lipinski definition) is 2. The number of imidazole rings is 1. The lowest BCUT2D eigenvalue weighted by Gasteiger charge is -2.07. The molecule has 0 radical (unpaired) electrons. The molecule has 0 saturated carbocycles. The first-order valence-corrected chi connectivity index (χ1v) is 6.19. The first-order valence-electron chi connectivity index (χ1n) is 6.19. The van der Waals surface area contributed by atoms with Gasteiger partial charge in [0.25, 0.3) is 0 Å². The number of hydrogen-bond donors (Lipinski definition) is 0. The third-order valence-corrected chi connectivity index (χ3v) is 2.78. The zero-order valence-electron chi connectivity index (χ0n) is 10.8. The molecule has 0 aliphatic heterocycles. The van der Waals surface area contributed by atoms with Gasteiger partial charge in [0.1, 0.15) is 12.4 Å². The van der Waals surface area contributed by atoms with Gasteiger partial charge in [0, 0.05) is 12.1 Å². The van der Waals surface area contributed by atoms with Crippen molar-refractivity contribution in [1.82, 2.24) is 9.55 Å². The minimum Gasteiger partial charge on any atom is -0.490 e. The van der Waals surface area contributed by atoms with Gasteiger partial charge in [-0.2, -0.15) is 0 Å². The molecule has 0 fully saturated rings. The molecule has 1 aromatic carbocycles. The zero-order valence-corrected chi connectivity index (χ0v) is 10.8. The van der Waals surface area contributed by atoms with E-state index in [2.05, 4.69) is 28.6 Å². The molecule has 0 spiro atoms. The highest BCUT2D eigenvalue weighted by atomic mass is 16.5. The minimum absolute atomic E-state index is 0.614. The summed E-state index contributed by atoms with van der Waals surface area (Å²) in [6, 6.07) is 8.11. The molecule has 0 amide bonds. The first-order chi connectivity index (χ1) is 8.85. The maximum absolute atomic E-state index is 5.57. The number of aromatic nitrogens is 2. The van der Waals surface area contributed by atoms with Gasteiger partial charge in [-0.1, -0.05) is 12.2 Å². The molecule has 18 heavy (non-hydrogen) atoms. The van der Waals surface area contributed by atoms with Crippen LogP contribution in [0.1, 0.15) is 13.8 Å². The zero-order chi connectivity index (χ0) is 12.8. The molecular formula is C15H18N2O. The van der Waals surface area contributed by atoms with Crippen LogP contribution in [-0.4, -0.2) is 16.2 Å². The molecule has 3 nitrogen and oxygen atoms in total. The second-order valence-corrected chi connectivity index (χ2v) is 3.97. The average Bonchev–Trinajstić information content (AvgIpc) is 2.88. The van der Waals surface area contributed by atoms with Gasteiger partial charge in [0.15, 0.2) is 0 Å². The summed E-state index contributed by atoms with van der Waals surface area (Å²) in [6.07, 6.45) is 7.71. The summed E-state index contributed by atoms with van der Waals surface area (Å²) < 4.78 is 7.69. The predicted octanol–water partition coefficient (Wildman–Crippen LogP) is 3.52. The second-order valence-electron chi connectivity index (χ2n) is 3.97. The fraction of sp³-hybridized carbons (Fsp3) is 0.267. The Hall–Kier alpha value is -2.03. The molecule has 0 aliphatic carbocycles. The Kier molecular flexibility index (Phi) is 4.18. The Bertz CT molecular complexity index is 512. The van der Waals surface area contributed by atoms with Crippen LogP contribution in [0.15, 0.2) is 48.9 Å². The van der Waals surface area contributed by atoms with E-state index >= 15 is 0 Å². The predicted molar refractivity (Wildman–Crippen MR) is 73.6 cm³/mol. The summed E-state index contributed by atoms with van der Waals surface area (Å²) in [4.78, 5) is 4.18. The van der Waals surface area contributed by atoms with Crippen molar-refractivity contribution in [2.45, 2.75) is 20.4 Å². The van der Waals surface area contributed by atoms with Crippen LogP contribution in [0.4, 0.5) is 0 Å². The van der Waals surface area contributed by atoms with Crippen LogP contribution in [0.3, 0.4) is 0 Å². The molecule has 0 bridgehead atoms. The van der Waals surface area contributed by atoms with E-state index in [1.165, 1.54) is 0 Å². The molecule has 3 heteroatoms. The molecule has 2 aromatic rings. The first kappa shape index (κ1) is 12.4. The Morgan fingerprint density at radius 3 is 2.72 bits per heavy atom. The van der Waals surface area contributed by atoms with Crippen LogP contribution in [0.25, 0.3) is 11.3 Å². The summed E-state index contributed by atoms with van der Waals surface area (Å²) in [5.74, 6) is 0.888. The summed E-state index contributed by atoms with van der Waals surface area (Å²) in [5.41, 5.74) is 2.30. The van der Waals surface area contributed by atoms with E-state index in [1.54, 1.807) is 0 Å². The molecule has 1 aromatic heterocycles. The number of nitrogens with zero attached hydrogens (tertiary/aromatic N) is 2. The van der Waals surface area contributed by atoms with E-state index in [4.69, 9.17) is 4.74 Å². The largest absolute Gasteiger partial charge is 0.490 e. The van der Waals surface area contributed by atoms with E-state index in [-0.39, 0.29) is 0 Å². The molecule has 0 N–H and O–H groups in total. The van der Waals surface area contributed by atoms with Crippen molar-refractivity contribution in [3.63, 3.8) is 0 Å². The number of allylic oxidation sites excluding steroid dienone is 1. The van der Waals surface area contributed by atoms with Crippen molar-refractivity contribution in [1.29, 1.82) is 0 Å². The summed E-state index contributed by atoms with van der Waals surface area (Å²) in [7, 11) is 0. The molecule has 94 valence electrons. The van der Waals surface area contributed by atoms with Gasteiger partial charge in [-0.3, -0.25) is 0 Å². The van der Waals surface area contributed by atoms with Crippen molar-refractivity contribution < 1.29 is 4.74 Å². The molecule has 0 atom stereocenters. The van der Waals surface area contributed by atoms with Crippen molar-refractivity contribution in [2.75, 3.05) is 6.61 Å². The SMILES string of the molecule is C/C=C/COc1ccc(-c2cncn2CC)cc1. The Morgan fingerprint density at radius 1 is 1.28 bits per heavy atom. The summed E-state index contributed by atoms with van der Waals surface area (Å²) in [6.45, 7) is 5.63. The van der Waals surface area contributed by atoms with Crippen molar-refractivity contribution >= 4 is 0 Å². The van der Waals surface area contributed by atoms with Crippen molar-refractivity contribution in [3.8, 4) is 17.0 Å². The lowest BCUT2D eigenvalue weighted by molar-refractivity contribution is 0.363. The van der Waals surface area contributed by atoms with E-state index in [9.17, 15) is 0 Å². The monoisotopic (exact) mass is 242 g/mol. The average molecular weight is 242 g/mol. The Balaban J connectivity index is 2.12. The highest BCUT2D eigenvalue weighted by Crippen LogP contribution is 2.22. The van der Waals surface area contributed by atoms with E-state index in [0.717, 1.165) is 23.6 Å². The minimum atomic E-state index is 0.614. The van der Waals surface area contributed by atoms with E-state index in [0.29, 0.717) is 6.61 Å². The molecule has 1 heterocycles. The van der Waals surface area contributed by atoms with Gasteiger partial charge in [0.2, 0.25) is 0 Å². The lowest BCUT2D eigenvalue weighted by Crippen LogP contribution is -1.95. The van der Waals surface area contributed by atoms with E-state index < -0.39 is 0 Å². The van der Waals surface area contributed by atoms with Crippen LogP contribution in [-0.2, 0) is 6.54 Å². The number of benzene rings is 1. The molecule has 0 unspecified atom stereocenters. The van der Waals surface area contributed by atoms with Gasteiger partial charge >= 0.3 is 0 Å². The van der Waals surface area contributed by atoms with Gasteiger partial charge < -0.3 is 9.30 Å². The standard InChI is InChI=1S/C15H18N2O/c1-3-5-10-18-14-8-6-13(7-9-14)15-11-16-12-17(15)4-2/h3,5-9,11-12H,4,10H2,1-2H3/b5-3+. The van der Waals surface area contributed by atoms with Crippen LogP contribution in [0, 0.1) is 0 Å². The third-order valence-electron chi connectivity index (χ3n) is 2.78. The number of ether oxygens (including phenoxy) is 1. The Labute approximate surface area is 108 Å². The third kappa shape index (κ3) is 2.80. The fourth-order valence-corrected chi connectivity index (χ4v) is 1.78. The van der Waals surface area contributed by atoms with E-state index in [1.807, 2.05) is 43.7 Å². The van der Waals surface area contributed by atoms with Crippen LogP contribution in [0.5, 0.6) is 5.75 Å². The molecule has 0 aliphatic rings. The number of aryl methyl sites for hydroxylation is 1. The summed E-state index contributed by atoms with van der Waals surface area (Å²) in [5, 5.41) is 0. The number of rotatable bonds is 5. The maximum Gasteiger partial charge on any atom is 0.119 e. The highest BCUT2D eigenvalue weighted by molar-refractivity contribution is 5.59. The van der Waals surface area contributed by atoms with Crippen LogP contribution in [0.2, 0.25) is 0 Å². The highest BCUT2D eigenvalue weighted by Gasteiger charge is 2.03. The summed E-state index contributed by atoms with van der Waals surface area (Å²) >= 11 is 0. The lowest BCUT2D eigenvalue weighted by atomic mass is 10.1. The van der Waals surface area contributed by atoms with Gasteiger partial charge in [-0.25, -0.2) is 4.98 Å². The van der Waals surface area contributed by atoms with Crippen molar-refractivity contribution in [2.24, 2.45) is 0 Å². The molecule has 0 saturated heterocycles. The van der Waals surface area contributed by atoms with Gasteiger partial charge in [-0.05, 0) is 38.1 Å². The van der Waals surface area contributed by atoms with Crippen LogP contribution < -0.4 is 4.74 Å². The van der Waals surface area contributed by atoms with Gasteiger partial charge in [-0.15, -0.1) is 0 Å². The second kappa shape index (κ2) is 6.05. The normalized spacial score (nSPS) is 11.0. The Morgan fingerprint density at radius 2 is 2.06 bits per heavy atom.